The molecule has 0 aliphatic carbocycles. The second-order valence-electron chi connectivity index (χ2n) is 20.3. The van der Waals surface area contributed by atoms with Gasteiger partial charge in [0.1, 0.15) is 24.4 Å². The van der Waals surface area contributed by atoms with Crippen LogP contribution in [0.5, 0.6) is 0 Å². The van der Waals surface area contributed by atoms with E-state index >= 15 is 0 Å². The van der Waals surface area contributed by atoms with Crippen molar-refractivity contribution in [1.82, 2.24) is 5.32 Å². The zero-order valence-corrected chi connectivity index (χ0v) is 45.9. The summed E-state index contributed by atoms with van der Waals surface area (Å²) in [5.41, 5.74) is 0. The molecule has 72 heavy (non-hydrogen) atoms. The van der Waals surface area contributed by atoms with E-state index in [1.165, 1.54) is 122 Å². The molecule has 1 heterocycles. The Kier molecular flexibility index (Phi) is 47.3. The van der Waals surface area contributed by atoms with Gasteiger partial charge in [-0.15, -0.1) is 0 Å². The molecule has 7 atom stereocenters. The van der Waals surface area contributed by atoms with Gasteiger partial charge in [-0.2, -0.15) is 0 Å². The highest BCUT2D eigenvalue weighted by atomic mass is 16.7. The number of unbranched alkanes of at least 4 members (excludes halogenated alkanes) is 28. The van der Waals surface area contributed by atoms with E-state index in [0.29, 0.717) is 25.9 Å². The van der Waals surface area contributed by atoms with Crippen LogP contribution in [0.4, 0.5) is 0 Å². The topological polar surface area (TPSA) is 175 Å². The van der Waals surface area contributed by atoms with Crippen LogP contribution < -0.4 is 5.32 Å². The molecule has 1 aliphatic rings. The Bertz CT molecular complexity index is 1380. The number of nitrogens with one attached hydrogen (secondary N) is 1. The van der Waals surface area contributed by atoms with E-state index in [1.807, 2.05) is 6.08 Å². The van der Waals surface area contributed by atoms with Crippen LogP contribution in [0.25, 0.3) is 0 Å². The fourth-order valence-electron chi connectivity index (χ4n) is 8.91. The molecule has 1 saturated heterocycles. The van der Waals surface area contributed by atoms with Crippen LogP contribution in [0.3, 0.4) is 0 Å². The fourth-order valence-corrected chi connectivity index (χ4v) is 8.91. The summed E-state index contributed by atoms with van der Waals surface area (Å²) in [6.45, 7) is 4.17. The van der Waals surface area contributed by atoms with Crippen molar-refractivity contribution in [3.8, 4) is 0 Å². The van der Waals surface area contributed by atoms with Crippen molar-refractivity contribution in [2.75, 3.05) is 19.8 Å². The van der Waals surface area contributed by atoms with Crippen LogP contribution in [0.1, 0.15) is 251 Å². The molecule has 1 fully saturated rings. The number of hydrogen-bond acceptors (Lipinski definition) is 10. The molecular formula is C61H109NO10. The van der Waals surface area contributed by atoms with E-state index in [2.05, 4.69) is 67.8 Å². The number of esters is 1. The SMILES string of the molecule is CC/C=C/CC/C=C/CC/C=C/C(O)C(COC1OC(CO)C(O)C(O)C1O)NC(=O)CCCCCCCCC/C=C\C/C=C\CCCCCCCCCCCOC(=O)CCCCCCCCCCCCC. The first-order valence-electron chi connectivity index (χ1n) is 29.6. The Balaban J connectivity index is 2.07. The third-order valence-electron chi connectivity index (χ3n) is 13.6. The van der Waals surface area contributed by atoms with Gasteiger partial charge >= 0.3 is 5.97 Å². The highest BCUT2D eigenvalue weighted by Crippen LogP contribution is 2.23. The number of allylic oxidation sites excluding steroid dienone is 9. The maximum Gasteiger partial charge on any atom is 0.305 e. The quantitative estimate of drug-likeness (QED) is 0.0195. The van der Waals surface area contributed by atoms with Crippen molar-refractivity contribution in [1.29, 1.82) is 0 Å². The minimum Gasteiger partial charge on any atom is -0.466 e. The van der Waals surface area contributed by atoms with Crippen LogP contribution in [0, 0.1) is 0 Å². The summed E-state index contributed by atoms with van der Waals surface area (Å²) in [6, 6.07) is -0.842. The lowest BCUT2D eigenvalue weighted by atomic mass is 9.99. The first kappa shape index (κ1) is 67.4. The summed E-state index contributed by atoms with van der Waals surface area (Å²) in [5, 5.41) is 54.2. The number of carbonyl (C=O) groups excluding carboxylic acids is 2. The van der Waals surface area contributed by atoms with Gasteiger partial charge in [0.05, 0.1) is 32.0 Å². The maximum absolute atomic E-state index is 13.0. The summed E-state index contributed by atoms with van der Waals surface area (Å²) < 4.78 is 16.6. The number of rotatable bonds is 50. The highest BCUT2D eigenvalue weighted by molar-refractivity contribution is 5.76. The van der Waals surface area contributed by atoms with Gasteiger partial charge in [0.25, 0.3) is 0 Å². The first-order valence-corrected chi connectivity index (χ1v) is 29.6. The largest absolute Gasteiger partial charge is 0.466 e. The van der Waals surface area contributed by atoms with E-state index in [0.717, 1.165) is 96.3 Å². The normalized spacial score (nSPS) is 19.5. The Morgan fingerprint density at radius 1 is 0.528 bits per heavy atom. The molecule has 1 rings (SSSR count). The van der Waals surface area contributed by atoms with Gasteiger partial charge in [-0.1, -0.05) is 216 Å². The van der Waals surface area contributed by atoms with Crippen molar-refractivity contribution in [3.05, 3.63) is 60.8 Å². The van der Waals surface area contributed by atoms with Crippen LogP contribution in [0.2, 0.25) is 0 Å². The molecular weight excluding hydrogens is 907 g/mol. The lowest BCUT2D eigenvalue weighted by molar-refractivity contribution is -0.302. The summed E-state index contributed by atoms with van der Waals surface area (Å²) in [5.74, 6) is -0.217. The van der Waals surface area contributed by atoms with Crippen molar-refractivity contribution in [3.63, 3.8) is 0 Å². The van der Waals surface area contributed by atoms with Crippen LogP contribution in [-0.4, -0.2) is 100 Å². The summed E-state index contributed by atoms with van der Waals surface area (Å²) in [7, 11) is 0. The second-order valence-corrected chi connectivity index (χ2v) is 20.3. The Morgan fingerprint density at radius 3 is 1.51 bits per heavy atom. The molecule has 0 aromatic heterocycles. The molecule has 418 valence electrons. The zero-order valence-electron chi connectivity index (χ0n) is 45.9. The van der Waals surface area contributed by atoms with Gasteiger partial charge in [0.2, 0.25) is 5.91 Å². The Hall–Kier alpha value is -2.64. The van der Waals surface area contributed by atoms with E-state index in [4.69, 9.17) is 14.2 Å². The van der Waals surface area contributed by atoms with E-state index in [1.54, 1.807) is 6.08 Å². The van der Waals surface area contributed by atoms with E-state index in [-0.39, 0.29) is 18.5 Å². The number of hydrogen-bond donors (Lipinski definition) is 6. The fraction of sp³-hybridized carbons (Fsp3) is 0.803. The molecule has 11 nitrogen and oxygen atoms in total. The second kappa shape index (κ2) is 50.5. The minimum absolute atomic E-state index is 0.00669. The first-order chi connectivity index (χ1) is 35.2. The third-order valence-corrected chi connectivity index (χ3v) is 13.6. The minimum atomic E-state index is -1.58. The molecule has 1 amide bonds. The number of aliphatic hydroxyl groups is 5. The predicted octanol–water partition coefficient (Wildman–Crippen LogP) is 13.4. The Morgan fingerprint density at radius 2 is 0.986 bits per heavy atom. The number of ether oxygens (including phenoxy) is 3. The van der Waals surface area contributed by atoms with Crippen LogP contribution >= 0.6 is 0 Å². The summed E-state index contributed by atoms with van der Waals surface area (Å²) in [4.78, 5) is 25.0. The molecule has 0 aromatic carbocycles. The maximum atomic E-state index is 13.0. The molecule has 11 heteroatoms. The van der Waals surface area contributed by atoms with Gasteiger partial charge < -0.3 is 45.1 Å². The zero-order chi connectivity index (χ0) is 52.4. The Labute approximate surface area is 439 Å². The van der Waals surface area contributed by atoms with Gasteiger partial charge in [-0.05, 0) is 83.5 Å². The van der Waals surface area contributed by atoms with Crippen LogP contribution in [-0.2, 0) is 23.8 Å². The summed E-state index contributed by atoms with van der Waals surface area (Å²) in [6.07, 6.45) is 54.8. The van der Waals surface area contributed by atoms with Crippen molar-refractivity contribution in [2.45, 2.75) is 294 Å². The standard InChI is InChI=1S/C61H109NO10/c1-3-5-7-9-11-13-28-33-37-41-45-49-57(66)70-50-46-42-38-34-30-27-25-23-21-19-17-15-16-18-20-22-24-26-29-32-36-40-44-48-56(65)62-53(52-71-61-60(69)59(68)58(67)55(51-63)72-61)54(64)47-43-39-35-31-14-12-10-8-6-4-2/h6,8,14-15,17-18,20,31,43,47,53-55,58-61,63-64,67-69H,3-5,7,9-13,16,19,21-30,32-42,44-46,48-52H2,1-2H3,(H,62,65)/b8-6+,17-15-,20-18-,31-14+,47-43+. The van der Waals surface area contributed by atoms with Crippen LogP contribution in [0.15, 0.2) is 60.8 Å². The lowest BCUT2D eigenvalue weighted by Gasteiger charge is -2.40. The van der Waals surface area contributed by atoms with Gasteiger partial charge in [0, 0.05) is 12.8 Å². The molecule has 7 unspecified atom stereocenters. The molecule has 0 radical (unpaired) electrons. The van der Waals surface area contributed by atoms with Gasteiger partial charge in [-0.3, -0.25) is 9.59 Å². The molecule has 0 spiro atoms. The van der Waals surface area contributed by atoms with Gasteiger partial charge in [0.15, 0.2) is 6.29 Å². The molecule has 1 aliphatic heterocycles. The van der Waals surface area contributed by atoms with Crippen molar-refractivity contribution >= 4 is 11.9 Å². The number of carbonyl (C=O) groups is 2. The average molecular weight is 1020 g/mol. The monoisotopic (exact) mass is 1020 g/mol. The van der Waals surface area contributed by atoms with Crippen molar-refractivity contribution in [2.24, 2.45) is 0 Å². The predicted molar refractivity (Wildman–Crippen MR) is 296 cm³/mol. The number of aliphatic hydroxyl groups excluding tert-OH is 5. The smallest absolute Gasteiger partial charge is 0.305 e. The molecule has 0 saturated carbocycles. The molecule has 6 N–H and O–H groups in total. The van der Waals surface area contributed by atoms with Gasteiger partial charge in [-0.25, -0.2) is 0 Å². The number of amides is 1. The van der Waals surface area contributed by atoms with E-state index in [9.17, 15) is 35.1 Å². The summed E-state index contributed by atoms with van der Waals surface area (Å²) >= 11 is 0. The van der Waals surface area contributed by atoms with Crippen molar-refractivity contribution < 1.29 is 49.3 Å². The third kappa shape index (κ3) is 39.8. The van der Waals surface area contributed by atoms with E-state index < -0.39 is 49.5 Å². The highest BCUT2D eigenvalue weighted by Gasteiger charge is 2.44. The molecule has 0 aromatic rings. The lowest BCUT2D eigenvalue weighted by Crippen LogP contribution is -2.60. The molecule has 0 bridgehead atoms. The average Bonchev–Trinajstić information content (AvgIpc) is 3.38.